The molecule has 1 aromatic carbocycles. The van der Waals surface area contributed by atoms with Crippen LogP contribution in [0.2, 0.25) is 0 Å². The molecule has 0 amide bonds. The Labute approximate surface area is 109 Å². The molecule has 1 aromatic heterocycles. The maximum Gasteiger partial charge on any atom is 0.0651 e. The van der Waals surface area contributed by atoms with Gasteiger partial charge in [0.25, 0.3) is 0 Å². The highest BCUT2D eigenvalue weighted by Gasteiger charge is 2.08. The van der Waals surface area contributed by atoms with E-state index in [1.165, 1.54) is 16.8 Å². The van der Waals surface area contributed by atoms with Gasteiger partial charge in [-0.1, -0.05) is 26.0 Å². The van der Waals surface area contributed by atoms with Crippen molar-refractivity contribution < 1.29 is 0 Å². The Morgan fingerprint density at radius 3 is 2.72 bits per heavy atom. The summed E-state index contributed by atoms with van der Waals surface area (Å²) in [4.78, 5) is 0. The highest BCUT2D eigenvalue weighted by atomic mass is 15.3. The molecule has 0 saturated heterocycles. The van der Waals surface area contributed by atoms with Gasteiger partial charge in [0.15, 0.2) is 0 Å². The molecule has 2 aromatic rings. The normalized spacial score (nSPS) is 11.2. The molecule has 0 aliphatic carbocycles. The van der Waals surface area contributed by atoms with Crippen molar-refractivity contribution >= 4 is 0 Å². The molecular formula is C15H21N3. The zero-order valence-electron chi connectivity index (χ0n) is 11.6. The molecule has 0 atom stereocenters. The Hall–Kier alpha value is -1.61. The van der Waals surface area contributed by atoms with Gasteiger partial charge in [0.2, 0.25) is 0 Å². The van der Waals surface area contributed by atoms with Crippen LogP contribution < -0.4 is 5.32 Å². The minimum atomic E-state index is 0.492. The zero-order valence-corrected chi connectivity index (χ0v) is 11.6. The molecule has 18 heavy (non-hydrogen) atoms. The highest BCUT2D eigenvalue weighted by Crippen LogP contribution is 2.15. The lowest BCUT2D eigenvalue weighted by atomic mass is 10.2. The molecule has 0 aliphatic heterocycles. The fourth-order valence-electron chi connectivity index (χ4n) is 1.95. The first-order chi connectivity index (χ1) is 8.58. The van der Waals surface area contributed by atoms with Gasteiger partial charge in [-0.3, -0.25) is 0 Å². The van der Waals surface area contributed by atoms with Gasteiger partial charge < -0.3 is 5.32 Å². The Bertz CT molecular complexity index is 526. The molecule has 3 nitrogen and oxygen atoms in total. The first-order valence-electron chi connectivity index (χ1n) is 6.42. The highest BCUT2D eigenvalue weighted by molar-refractivity contribution is 5.37. The third-order valence-electron chi connectivity index (χ3n) is 3.06. The van der Waals surface area contributed by atoms with Gasteiger partial charge in [-0.05, 0) is 31.5 Å². The molecule has 0 radical (unpaired) electrons. The van der Waals surface area contributed by atoms with Gasteiger partial charge in [0, 0.05) is 23.8 Å². The van der Waals surface area contributed by atoms with Crippen LogP contribution in [0.1, 0.15) is 30.7 Å². The third kappa shape index (κ3) is 2.79. The van der Waals surface area contributed by atoms with E-state index in [2.05, 4.69) is 62.4 Å². The van der Waals surface area contributed by atoms with E-state index in [4.69, 9.17) is 0 Å². The van der Waals surface area contributed by atoms with Crippen molar-refractivity contribution in [3.05, 3.63) is 47.3 Å². The van der Waals surface area contributed by atoms with Crippen LogP contribution in [0.15, 0.2) is 30.5 Å². The number of aryl methyl sites for hydroxylation is 1. The van der Waals surface area contributed by atoms with Gasteiger partial charge >= 0.3 is 0 Å². The summed E-state index contributed by atoms with van der Waals surface area (Å²) in [5, 5.41) is 7.91. The van der Waals surface area contributed by atoms with Crippen LogP contribution in [-0.2, 0) is 6.54 Å². The predicted molar refractivity (Wildman–Crippen MR) is 75.0 cm³/mol. The molecule has 1 heterocycles. The summed E-state index contributed by atoms with van der Waals surface area (Å²) in [6.45, 7) is 9.40. The van der Waals surface area contributed by atoms with Crippen LogP contribution in [-0.4, -0.2) is 15.8 Å². The van der Waals surface area contributed by atoms with E-state index < -0.39 is 0 Å². The van der Waals surface area contributed by atoms with Gasteiger partial charge in [0.1, 0.15) is 0 Å². The Morgan fingerprint density at radius 2 is 2.06 bits per heavy atom. The largest absolute Gasteiger partial charge is 0.310 e. The van der Waals surface area contributed by atoms with Crippen molar-refractivity contribution in [3.63, 3.8) is 0 Å². The summed E-state index contributed by atoms with van der Waals surface area (Å²) in [5.41, 5.74) is 4.84. The van der Waals surface area contributed by atoms with E-state index in [1.54, 1.807) is 0 Å². The Balaban J connectivity index is 2.25. The van der Waals surface area contributed by atoms with E-state index in [9.17, 15) is 0 Å². The molecule has 0 fully saturated rings. The number of hydrogen-bond acceptors (Lipinski definition) is 2. The summed E-state index contributed by atoms with van der Waals surface area (Å²) in [5.74, 6) is 0. The molecule has 1 N–H and O–H groups in total. The number of nitrogens with one attached hydrogen (secondary N) is 1. The average molecular weight is 243 g/mol. The van der Waals surface area contributed by atoms with Crippen LogP contribution in [0.3, 0.4) is 0 Å². The van der Waals surface area contributed by atoms with Crippen molar-refractivity contribution in [2.24, 2.45) is 0 Å². The number of aromatic nitrogens is 2. The zero-order chi connectivity index (χ0) is 13.1. The Morgan fingerprint density at radius 1 is 1.28 bits per heavy atom. The van der Waals surface area contributed by atoms with Crippen molar-refractivity contribution in [3.8, 4) is 5.69 Å². The first-order valence-corrected chi connectivity index (χ1v) is 6.42. The summed E-state index contributed by atoms with van der Waals surface area (Å²) >= 11 is 0. The van der Waals surface area contributed by atoms with Crippen molar-refractivity contribution in [1.82, 2.24) is 15.1 Å². The quantitative estimate of drug-likeness (QED) is 0.894. The van der Waals surface area contributed by atoms with E-state index in [0.717, 1.165) is 12.2 Å². The summed E-state index contributed by atoms with van der Waals surface area (Å²) in [7, 11) is 0. The lowest BCUT2D eigenvalue weighted by Gasteiger charge is -2.09. The number of hydrogen-bond donors (Lipinski definition) is 1. The SMILES string of the molecule is Cc1cccc(-n2ncc(CNC(C)C)c2C)c1. The van der Waals surface area contributed by atoms with E-state index in [0.29, 0.717) is 6.04 Å². The minimum absolute atomic E-state index is 0.492. The fraction of sp³-hybridized carbons (Fsp3) is 0.400. The van der Waals surface area contributed by atoms with Crippen molar-refractivity contribution in [2.75, 3.05) is 0 Å². The molecule has 0 bridgehead atoms. The summed E-state index contributed by atoms with van der Waals surface area (Å²) in [6, 6.07) is 8.90. The Kier molecular flexibility index (Phi) is 3.82. The van der Waals surface area contributed by atoms with E-state index in [1.807, 2.05) is 10.9 Å². The molecular weight excluding hydrogens is 222 g/mol. The number of rotatable bonds is 4. The van der Waals surface area contributed by atoms with Gasteiger partial charge in [-0.25, -0.2) is 4.68 Å². The summed E-state index contributed by atoms with van der Waals surface area (Å²) < 4.78 is 2.00. The van der Waals surface area contributed by atoms with Gasteiger partial charge in [-0.2, -0.15) is 5.10 Å². The van der Waals surface area contributed by atoms with Crippen LogP contribution in [0, 0.1) is 13.8 Å². The predicted octanol–water partition coefficient (Wildman–Crippen LogP) is 2.99. The minimum Gasteiger partial charge on any atom is -0.310 e. The van der Waals surface area contributed by atoms with Gasteiger partial charge in [-0.15, -0.1) is 0 Å². The first kappa shape index (κ1) is 12.8. The van der Waals surface area contributed by atoms with Crippen molar-refractivity contribution in [2.45, 2.75) is 40.3 Å². The topological polar surface area (TPSA) is 29.9 Å². The maximum absolute atomic E-state index is 4.48. The van der Waals surface area contributed by atoms with E-state index in [-0.39, 0.29) is 0 Å². The molecule has 2 rings (SSSR count). The van der Waals surface area contributed by atoms with Crippen LogP contribution in [0.25, 0.3) is 5.69 Å². The standard InChI is InChI=1S/C15H21N3/c1-11(2)16-9-14-10-17-18(13(14)4)15-7-5-6-12(3)8-15/h5-8,10-11,16H,9H2,1-4H3. The smallest absolute Gasteiger partial charge is 0.0651 e. The van der Waals surface area contributed by atoms with Crippen molar-refractivity contribution in [1.29, 1.82) is 0 Å². The second-order valence-electron chi connectivity index (χ2n) is 5.04. The lowest BCUT2D eigenvalue weighted by Crippen LogP contribution is -2.22. The lowest BCUT2D eigenvalue weighted by molar-refractivity contribution is 0.587. The second-order valence-corrected chi connectivity index (χ2v) is 5.04. The van der Waals surface area contributed by atoms with Crippen LogP contribution in [0.4, 0.5) is 0 Å². The fourth-order valence-corrected chi connectivity index (χ4v) is 1.95. The van der Waals surface area contributed by atoms with Crippen LogP contribution >= 0.6 is 0 Å². The molecule has 0 aliphatic rings. The van der Waals surface area contributed by atoms with Gasteiger partial charge in [0.05, 0.1) is 11.9 Å². The summed E-state index contributed by atoms with van der Waals surface area (Å²) in [6.07, 6.45) is 1.95. The number of nitrogens with zero attached hydrogens (tertiary/aromatic N) is 2. The third-order valence-corrected chi connectivity index (χ3v) is 3.06. The maximum atomic E-state index is 4.48. The molecule has 0 spiro atoms. The monoisotopic (exact) mass is 243 g/mol. The van der Waals surface area contributed by atoms with Crippen LogP contribution in [0.5, 0.6) is 0 Å². The van der Waals surface area contributed by atoms with E-state index >= 15 is 0 Å². The second kappa shape index (κ2) is 5.36. The molecule has 3 heteroatoms. The molecule has 0 saturated carbocycles. The average Bonchev–Trinajstić information content (AvgIpc) is 2.68. The number of benzene rings is 1. The molecule has 96 valence electrons. The molecule has 0 unspecified atom stereocenters.